The molecule has 0 atom stereocenters. The minimum absolute atomic E-state index is 0.531. The molecule has 24 heavy (non-hydrogen) atoms. The fraction of sp³-hybridized carbons (Fsp3) is 0.0476. The molecular formula is C21H17N3. The maximum absolute atomic E-state index is 9.72. The summed E-state index contributed by atoms with van der Waals surface area (Å²) in [6.45, 7) is 0. The summed E-state index contributed by atoms with van der Waals surface area (Å²) in [5.74, 6) is 2.31. The van der Waals surface area contributed by atoms with Gasteiger partial charge in [0.05, 0.1) is 5.69 Å². The highest BCUT2D eigenvalue weighted by Crippen LogP contribution is 2.15. The van der Waals surface area contributed by atoms with Crippen LogP contribution in [0.1, 0.15) is 5.56 Å². The monoisotopic (exact) mass is 311 g/mol. The van der Waals surface area contributed by atoms with Crippen LogP contribution in [-0.4, -0.2) is 11.6 Å². The topological polar surface area (TPSA) is 38.5 Å². The van der Waals surface area contributed by atoms with Crippen molar-refractivity contribution in [2.24, 2.45) is 4.99 Å². The van der Waals surface area contributed by atoms with E-state index in [0.717, 1.165) is 17.0 Å². The maximum atomic E-state index is 9.72. The molecule has 0 spiro atoms. The summed E-state index contributed by atoms with van der Waals surface area (Å²) >= 11 is 0. The minimum Gasteiger partial charge on any atom is -0.758 e. The Morgan fingerprint density at radius 2 is 1.42 bits per heavy atom. The van der Waals surface area contributed by atoms with Crippen molar-refractivity contribution in [2.45, 2.75) is 6.42 Å². The zero-order valence-corrected chi connectivity index (χ0v) is 13.2. The van der Waals surface area contributed by atoms with Crippen LogP contribution in [0.4, 0.5) is 5.69 Å². The molecule has 0 unspecified atom stereocenters. The molecule has 0 bridgehead atoms. The number of aliphatic imine (C=N–C) groups is 1. The summed E-state index contributed by atoms with van der Waals surface area (Å²) in [6, 6.07) is 25.5. The van der Waals surface area contributed by atoms with Gasteiger partial charge in [-0.1, -0.05) is 54.6 Å². The molecule has 0 saturated carbocycles. The molecular weight excluding hydrogens is 294 g/mol. The van der Waals surface area contributed by atoms with E-state index >= 15 is 0 Å². The van der Waals surface area contributed by atoms with Gasteiger partial charge < -0.3 is 5.41 Å². The van der Waals surface area contributed by atoms with Gasteiger partial charge in [-0.15, -0.1) is 0 Å². The van der Waals surface area contributed by atoms with Crippen LogP contribution in [0.5, 0.6) is 0 Å². The van der Waals surface area contributed by atoms with Gasteiger partial charge in [0, 0.05) is 18.6 Å². The normalized spacial score (nSPS) is 10.9. The number of hydrogen-bond donors (Lipinski definition) is 0. The van der Waals surface area contributed by atoms with Crippen LogP contribution in [0.3, 0.4) is 0 Å². The van der Waals surface area contributed by atoms with Gasteiger partial charge in [-0.25, -0.2) is 4.99 Å². The van der Waals surface area contributed by atoms with Crippen molar-refractivity contribution in [1.82, 2.24) is 0 Å². The van der Waals surface area contributed by atoms with Crippen LogP contribution in [0.2, 0.25) is 0 Å². The van der Waals surface area contributed by atoms with Crippen LogP contribution in [0.15, 0.2) is 96.2 Å². The van der Waals surface area contributed by atoms with E-state index in [4.69, 9.17) is 4.99 Å². The number of nitrogens with zero attached hydrogens (tertiary/aromatic N) is 3. The third kappa shape index (κ3) is 3.92. The molecule has 1 aromatic heterocycles. The van der Waals surface area contributed by atoms with E-state index < -0.39 is 0 Å². The first-order valence-corrected chi connectivity index (χ1v) is 7.77. The molecule has 3 aromatic rings. The van der Waals surface area contributed by atoms with Crippen molar-refractivity contribution in [3.8, 4) is 0 Å². The molecule has 0 amide bonds. The van der Waals surface area contributed by atoms with E-state index in [1.807, 2.05) is 95.8 Å². The Balaban J connectivity index is 2.04. The highest BCUT2D eigenvalue weighted by atomic mass is 15.0. The number of hydrogen-bond acceptors (Lipinski definition) is 1. The summed E-state index contributed by atoms with van der Waals surface area (Å²) in [5, 5.41) is 9.72. The lowest BCUT2D eigenvalue weighted by atomic mass is 10.1. The Bertz CT molecular complexity index is 863. The summed E-state index contributed by atoms with van der Waals surface area (Å²) in [7, 11) is 0. The molecule has 0 aliphatic rings. The molecule has 0 aliphatic heterocycles. The molecule has 0 N–H and O–H groups in total. The summed E-state index contributed by atoms with van der Waals surface area (Å²) in [5.41, 5.74) is 3.23. The van der Waals surface area contributed by atoms with E-state index in [0.29, 0.717) is 12.1 Å². The predicted octanol–water partition coefficient (Wildman–Crippen LogP) is 4.07. The Hall–Kier alpha value is -3.29. The molecule has 3 heteroatoms. The zero-order valence-electron chi connectivity index (χ0n) is 13.2. The molecule has 116 valence electrons. The fourth-order valence-corrected chi connectivity index (χ4v) is 2.44. The number of benzene rings is 2. The molecule has 0 aliphatic carbocycles. The van der Waals surface area contributed by atoms with Gasteiger partial charge in [-0.2, -0.15) is 10.4 Å². The van der Waals surface area contributed by atoms with Crippen molar-refractivity contribution in [2.75, 3.05) is 0 Å². The smallest absolute Gasteiger partial charge is 0.253 e. The van der Waals surface area contributed by atoms with Crippen LogP contribution in [0, 0.1) is 0 Å². The lowest BCUT2D eigenvalue weighted by molar-refractivity contribution is -0.574. The van der Waals surface area contributed by atoms with Crippen LogP contribution < -0.4 is 4.57 Å². The summed E-state index contributed by atoms with van der Waals surface area (Å²) in [4.78, 5) is 4.74. The van der Waals surface area contributed by atoms with Crippen molar-refractivity contribution in [3.63, 3.8) is 0 Å². The highest BCUT2D eigenvalue weighted by Gasteiger charge is 2.16. The van der Waals surface area contributed by atoms with Gasteiger partial charge in [-0.3, -0.25) is 0 Å². The first-order chi connectivity index (χ1) is 11.9. The first kappa shape index (κ1) is 15.6. The summed E-state index contributed by atoms with van der Waals surface area (Å²) < 4.78 is 1.81. The van der Waals surface area contributed by atoms with Gasteiger partial charge >= 0.3 is 0 Å². The van der Waals surface area contributed by atoms with Gasteiger partial charge in [0.15, 0.2) is 12.4 Å². The van der Waals surface area contributed by atoms with Crippen molar-refractivity contribution >= 4 is 23.0 Å². The second-order valence-corrected chi connectivity index (χ2v) is 5.30. The quantitative estimate of drug-likeness (QED) is 0.503. The number of pyridine rings is 1. The van der Waals surface area contributed by atoms with Crippen molar-refractivity contribution in [3.05, 3.63) is 102 Å². The number of rotatable bonds is 5. The number of para-hydroxylation sites is 1. The Labute approximate surface area is 141 Å². The molecule has 1 heterocycles. The Kier molecular flexibility index (Phi) is 5.08. The average Bonchev–Trinajstić information content (AvgIpc) is 2.65. The lowest BCUT2D eigenvalue weighted by Crippen LogP contribution is -2.36. The molecule has 3 nitrogen and oxygen atoms in total. The molecule has 2 aromatic carbocycles. The Morgan fingerprint density at radius 3 is 2.04 bits per heavy atom. The predicted molar refractivity (Wildman–Crippen MR) is 98.4 cm³/mol. The van der Waals surface area contributed by atoms with E-state index in [1.165, 1.54) is 0 Å². The number of allylic oxidation sites excluding steroid dienone is 1. The van der Waals surface area contributed by atoms with Gasteiger partial charge in [0.1, 0.15) is 5.71 Å². The average molecular weight is 311 g/mol. The summed E-state index contributed by atoms with van der Waals surface area (Å²) in [6.07, 6.45) is 4.33. The van der Waals surface area contributed by atoms with Crippen LogP contribution >= 0.6 is 0 Å². The second-order valence-electron chi connectivity index (χ2n) is 5.30. The van der Waals surface area contributed by atoms with Crippen molar-refractivity contribution < 1.29 is 4.57 Å². The molecule has 3 rings (SSSR count). The SMILES string of the molecule is [N-]=C=C(C(Cc1ccccc1)=Nc1ccccc1)[n+]1ccccc1. The zero-order chi connectivity index (χ0) is 16.6. The van der Waals surface area contributed by atoms with E-state index in [1.54, 1.807) is 0 Å². The minimum atomic E-state index is 0.531. The van der Waals surface area contributed by atoms with E-state index in [9.17, 15) is 5.41 Å². The van der Waals surface area contributed by atoms with Crippen LogP contribution in [-0.2, 0) is 6.42 Å². The fourth-order valence-electron chi connectivity index (χ4n) is 2.44. The molecule has 0 saturated heterocycles. The molecule has 0 fully saturated rings. The molecule has 0 radical (unpaired) electrons. The van der Waals surface area contributed by atoms with Crippen LogP contribution in [0.25, 0.3) is 11.1 Å². The van der Waals surface area contributed by atoms with Gasteiger partial charge in [0.2, 0.25) is 0 Å². The second kappa shape index (κ2) is 7.82. The standard InChI is InChI=1S/C21H17N3/c22-17-21(24-14-8-3-9-15-24)20(16-18-10-4-1-5-11-18)23-19-12-6-2-7-13-19/h1-15H,16H2. The van der Waals surface area contributed by atoms with E-state index in [2.05, 4.69) is 5.87 Å². The third-order valence-corrected chi connectivity index (χ3v) is 3.59. The first-order valence-electron chi connectivity index (χ1n) is 7.77. The Morgan fingerprint density at radius 1 is 0.833 bits per heavy atom. The largest absolute Gasteiger partial charge is 0.758 e. The number of aromatic nitrogens is 1. The van der Waals surface area contributed by atoms with Gasteiger partial charge in [-0.05, 0) is 17.7 Å². The maximum Gasteiger partial charge on any atom is 0.253 e. The highest BCUT2D eigenvalue weighted by molar-refractivity contribution is 6.24. The van der Waals surface area contributed by atoms with E-state index in [-0.39, 0.29) is 0 Å². The third-order valence-electron chi connectivity index (χ3n) is 3.59. The lowest BCUT2D eigenvalue weighted by Gasteiger charge is -2.07. The van der Waals surface area contributed by atoms with Crippen molar-refractivity contribution in [1.29, 1.82) is 0 Å². The van der Waals surface area contributed by atoms with Gasteiger partial charge in [0.25, 0.3) is 5.70 Å².